The van der Waals surface area contributed by atoms with Gasteiger partial charge in [0, 0.05) is 5.54 Å². The van der Waals surface area contributed by atoms with E-state index in [0.29, 0.717) is 0 Å². The Morgan fingerprint density at radius 1 is 1.47 bits per heavy atom. The smallest absolute Gasteiger partial charge is 0.305 e. The highest BCUT2D eigenvalue weighted by molar-refractivity contribution is 5.85. The van der Waals surface area contributed by atoms with Crippen LogP contribution in [0.5, 0.6) is 0 Å². The molecule has 0 aromatic carbocycles. The lowest BCUT2D eigenvalue weighted by Crippen LogP contribution is -2.55. The van der Waals surface area contributed by atoms with Crippen molar-refractivity contribution in [2.75, 3.05) is 0 Å². The highest BCUT2D eigenvalue weighted by Gasteiger charge is 2.45. The van der Waals surface area contributed by atoms with Crippen molar-refractivity contribution in [3.8, 4) is 0 Å². The molecule has 0 saturated heterocycles. The third kappa shape index (κ3) is 3.08. The molecule has 90 valence electrons. The summed E-state index contributed by atoms with van der Waals surface area (Å²) >= 11 is 0. The van der Waals surface area contributed by atoms with Gasteiger partial charge in [-0.1, -0.05) is 27.2 Å². The summed E-state index contributed by atoms with van der Waals surface area (Å²) in [7, 11) is 0. The Hall–Kier alpha value is -0.280. The minimum atomic E-state index is -0.781. The second-order valence-corrected chi connectivity index (χ2v) is 5.37. The number of hydrogen-bond donors (Lipinski definition) is 2. The van der Waals surface area contributed by atoms with Gasteiger partial charge in [-0.25, -0.2) is 0 Å². The third-order valence-electron chi connectivity index (χ3n) is 3.98. The van der Waals surface area contributed by atoms with E-state index in [4.69, 9.17) is 10.8 Å². The van der Waals surface area contributed by atoms with Gasteiger partial charge in [0.05, 0.1) is 6.42 Å². The Kier molecular flexibility index (Phi) is 4.62. The van der Waals surface area contributed by atoms with Gasteiger partial charge in [0.15, 0.2) is 0 Å². The van der Waals surface area contributed by atoms with E-state index < -0.39 is 11.5 Å². The molecule has 0 bridgehead atoms. The van der Waals surface area contributed by atoms with Crippen molar-refractivity contribution in [2.24, 2.45) is 17.1 Å². The van der Waals surface area contributed by atoms with Gasteiger partial charge >= 0.3 is 5.97 Å². The summed E-state index contributed by atoms with van der Waals surface area (Å²) in [4.78, 5) is 10.7. The van der Waals surface area contributed by atoms with Crippen LogP contribution >= 0.6 is 12.4 Å². The molecule has 0 aromatic heterocycles. The number of carbonyl (C=O) groups is 1. The molecule has 2 unspecified atom stereocenters. The van der Waals surface area contributed by atoms with Crippen molar-refractivity contribution in [3.05, 3.63) is 0 Å². The summed E-state index contributed by atoms with van der Waals surface area (Å²) in [6, 6.07) is 0. The summed E-state index contributed by atoms with van der Waals surface area (Å²) in [5.74, 6) is -0.517. The molecule has 0 aromatic rings. The molecule has 1 aliphatic rings. The highest BCUT2D eigenvalue weighted by Crippen LogP contribution is 2.46. The number of hydrogen-bond acceptors (Lipinski definition) is 2. The van der Waals surface area contributed by atoms with E-state index in [1.54, 1.807) is 0 Å². The Balaban J connectivity index is 0.00000196. The first-order valence-corrected chi connectivity index (χ1v) is 5.29. The van der Waals surface area contributed by atoms with Crippen LogP contribution in [-0.4, -0.2) is 16.6 Å². The molecule has 0 amide bonds. The summed E-state index contributed by atoms with van der Waals surface area (Å²) in [6.07, 6.45) is 3.12. The largest absolute Gasteiger partial charge is 0.481 e. The zero-order valence-electron chi connectivity index (χ0n) is 9.75. The zero-order valence-corrected chi connectivity index (χ0v) is 10.6. The second-order valence-electron chi connectivity index (χ2n) is 5.37. The molecule has 0 spiro atoms. The number of rotatable bonds is 2. The van der Waals surface area contributed by atoms with Gasteiger partial charge < -0.3 is 10.8 Å². The normalized spacial score (nSPS) is 34.3. The molecule has 15 heavy (non-hydrogen) atoms. The molecular formula is C11H22ClNO2. The van der Waals surface area contributed by atoms with Crippen LogP contribution in [0.15, 0.2) is 0 Å². The zero-order chi connectivity index (χ0) is 11.0. The fourth-order valence-corrected chi connectivity index (χ4v) is 2.61. The maximum absolute atomic E-state index is 10.7. The SMILES string of the molecule is CC1C(C)(C)CCCC1(N)CC(=O)O.Cl. The number of nitrogens with two attached hydrogens (primary N) is 1. The fourth-order valence-electron chi connectivity index (χ4n) is 2.61. The Morgan fingerprint density at radius 2 is 2.00 bits per heavy atom. The predicted octanol–water partition coefficient (Wildman–Crippen LogP) is 2.43. The van der Waals surface area contributed by atoms with E-state index in [1.807, 2.05) is 0 Å². The van der Waals surface area contributed by atoms with Crippen LogP contribution in [0.3, 0.4) is 0 Å². The molecule has 1 aliphatic carbocycles. The maximum Gasteiger partial charge on any atom is 0.305 e. The molecule has 0 radical (unpaired) electrons. The van der Waals surface area contributed by atoms with E-state index in [0.717, 1.165) is 19.3 Å². The van der Waals surface area contributed by atoms with Crippen molar-refractivity contribution >= 4 is 18.4 Å². The summed E-state index contributed by atoms with van der Waals surface area (Å²) in [5, 5.41) is 8.84. The lowest BCUT2D eigenvalue weighted by Gasteiger charge is -2.48. The molecule has 3 N–H and O–H groups in total. The van der Waals surface area contributed by atoms with Crippen LogP contribution < -0.4 is 5.73 Å². The fraction of sp³-hybridized carbons (Fsp3) is 0.909. The monoisotopic (exact) mass is 235 g/mol. The first-order valence-electron chi connectivity index (χ1n) is 5.29. The van der Waals surface area contributed by atoms with Gasteiger partial charge in [-0.15, -0.1) is 12.4 Å². The third-order valence-corrected chi connectivity index (χ3v) is 3.98. The molecule has 2 atom stereocenters. The average molecular weight is 236 g/mol. The van der Waals surface area contributed by atoms with Crippen molar-refractivity contribution in [2.45, 2.75) is 52.0 Å². The Morgan fingerprint density at radius 3 is 2.47 bits per heavy atom. The first kappa shape index (κ1) is 14.7. The van der Waals surface area contributed by atoms with Crippen LogP contribution in [0.2, 0.25) is 0 Å². The molecular weight excluding hydrogens is 214 g/mol. The van der Waals surface area contributed by atoms with Gasteiger partial charge in [0.25, 0.3) is 0 Å². The van der Waals surface area contributed by atoms with Crippen molar-refractivity contribution in [1.29, 1.82) is 0 Å². The molecule has 4 heteroatoms. The first-order chi connectivity index (χ1) is 6.28. The van der Waals surface area contributed by atoms with Crippen molar-refractivity contribution < 1.29 is 9.90 Å². The summed E-state index contributed by atoms with van der Waals surface area (Å²) in [5.41, 5.74) is 5.86. The van der Waals surface area contributed by atoms with Gasteiger partial charge in [-0.05, 0) is 24.2 Å². The average Bonchev–Trinajstić information content (AvgIpc) is 1.98. The Labute approximate surface area is 97.8 Å². The van der Waals surface area contributed by atoms with E-state index >= 15 is 0 Å². The molecule has 1 saturated carbocycles. The van der Waals surface area contributed by atoms with Crippen LogP contribution in [0.4, 0.5) is 0 Å². The maximum atomic E-state index is 10.7. The van der Waals surface area contributed by atoms with E-state index in [2.05, 4.69) is 20.8 Å². The number of halogens is 1. The van der Waals surface area contributed by atoms with Crippen LogP contribution in [0.1, 0.15) is 46.5 Å². The molecule has 0 heterocycles. The number of aliphatic carboxylic acids is 1. The lowest BCUT2D eigenvalue weighted by atomic mass is 9.60. The van der Waals surface area contributed by atoms with Gasteiger partial charge in [-0.3, -0.25) is 4.79 Å². The lowest BCUT2D eigenvalue weighted by molar-refractivity contribution is -0.140. The summed E-state index contributed by atoms with van der Waals surface area (Å²) in [6.45, 7) is 6.45. The molecule has 1 fully saturated rings. The molecule has 1 rings (SSSR count). The van der Waals surface area contributed by atoms with Crippen LogP contribution in [0, 0.1) is 11.3 Å². The van der Waals surface area contributed by atoms with Gasteiger partial charge in [0.2, 0.25) is 0 Å². The van der Waals surface area contributed by atoms with Crippen molar-refractivity contribution in [3.63, 3.8) is 0 Å². The van der Waals surface area contributed by atoms with Crippen molar-refractivity contribution in [1.82, 2.24) is 0 Å². The summed E-state index contributed by atoms with van der Waals surface area (Å²) < 4.78 is 0. The Bertz CT molecular complexity index is 243. The van der Waals surface area contributed by atoms with E-state index in [1.165, 1.54) is 0 Å². The topological polar surface area (TPSA) is 63.3 Å². The quantitative estimate of drug-likeness (QED) is 0.773. The van der Waals surface area contributed by atoms with Crippen LogP contribution in [-0.2, 0) is 4.79 Å². The predicted molar refractivity (Wildman–Crippen MR) is 63.2 cm³/mol. The minimum absolute atomic E-state index is 0. The molecule has 3 nitrogen and oxygen atoms in total. The highest BCUT2D eigenvalue weighted by atomic mass is 35.5. The van der Waals surface area contributed by atoms with Gasteiger partial charge in [0.1, 0.15) is 0 Å². The van der Waals surface area contributed by atoms with E-state index in [-0.39, 0.29) is 30.2 Å². The standard InChI is InChI=1S/C11H21NO2.ClH/c1-8-10(2,3)5-4-6-11(8,12)7-9(13)14;/h8H,4-7,12H2,1-3H3,(H,13,14);1H. The minimum Gasteiger partial charge on any atom is -0.481 e. The second kappa shape index (κ2) is 4.71. The van der Waals surface area contributed by atoms with Crippen LogP contribution in [0.25, 0.3) is 0 Å². The van der Waals surface area contributed by atoms with E-state index in [9.17, 15) is 4.79 Å². The molecule has 0 aliphatic heterocycles. The number of carboxylic acid groups (broad SMARTS) is 1. The number of carboxylic acids is 1. The van der Waals surface area contributed by atoms with Gasteiger partial charge in [-0.2, -0.15) is 0 Å².